The molecule has 0 N–H and O–H groups in total. The standard InChI is InChI=1S/C19H24N2O2/c1-5-20(2)17-11-9-16(10-12-17)19(22)21(3)14-15-7-6-8-18(13-15)23-4/h6-13H,5,14H2,1-4H3. The normalized spacial score (nSPS) is 10.3. The van der Waals surface area contributed by atoms with E-state index in [-0.39, 0.29) is 5.91 Å². The lowest BCUT2D eigenvalue weighted by Gasteiger charge is -2.19. The van der Waals surface area contributed by atoms with Gasteiger partial charge in [-0.15, -0.1) is 0 Å². The van der Waals surface area contributed by atoms with E-state index in [9.17, 15) is 4.79 Å². The maximum atomic E-state index is 12.5. The molecule has 0 unspecified atom stereocenters. The minimum absolute atomic E-state index is 0.0125. The topological polar surface area (TPSA) is 32.8 Å². The van der Waals surface area contributed by atoms with Crippen LogP contribution in [0.25, 0.3) is 0 Å². The quantitative estimate of drug-likeness (QED) is 0.819. The molecule has 0 heterocycles. The average Bonchev–Trinajstić information content (AvgIpc) is 2.60. The van der Waals surface area contributed by atoms with Crippen LogP contribution < -0.4 is 9.64 Å². The van der Waals surface area contributed by atoms with Crippen LogP contribution in [-0.2, 0) is 6.54 Å². The first-order valence-electron chi connectivity index (χ1n) is 7.74. The summed E-state index contributed by atoms with van der Waals surface area (Å²) < 4.78 is 5.22. The van der Waals surface area contributed by atoms with E-state index in [0.29, 0.717) is 12.1 Å². The van der Waals surface area contributed by atoms with Crippen molar-refractivity contribution in [3.63, 3.8) is 0 Å². The van der Waals surface area contributed by atoms with E-state index in [0.717, 1.165) is 23.5 Å². The van der Waals surface area contributed by atoms with E-state index in [4.69, 9.17) is 4.74 Å². The van der Waals surface area contributed by atoms with Gasteiger partial charge in [-0.3, -0.25) is 4.79 Å². The Morgan fingerprint density at radius 1 is 1.09 bits per heavy atom. The van der Waals surface area contributed by atoms with Crippen LogP contribution in [0.5, 0.6) is 5.75 Å². The number of carbonyl (C=O) groups excluding carboxylic acids is 1. The van der Waals surface area contributed by atoms with E-state index in [1.165, 1.54) is 0 Å². The number of amides is 1. The molecule has 122 valence electrons. The summed E-state index contributed by atoms with van der Waals surface area (Å²) in [6, 6.07) is 15.5. The van der Waals surface area contributed by atoms with Crippen molar-refractivity contribution in [1.82, 2.24) is 4.90 Å². The zero-order chi connectivity index (χ0) is 16.8. The van der Waals surface area contributed by atoms with Gasteiger partial charge in [0, 0.05) is 38.4 Å². The van der Waals surface area contributed by atoms with Crippen molar-refractivity contribution in [3.8, 4) is 5.75 Å². The van der Waals surface area contributed by atoms with Crippen LogP contribution in [0, 0.1) is 0 Å². The van der Waals surface area contributed by atoms with Gasteiger partial charge in [0.2, 0.25) is 0 Å². The van der Waals surface area contributed by atoms with Crippen molar-refractivity contribution < 1.29 is 9.53 Å². The summed E-state index contributed by atoms with van der Waals surface area (Å²) in [4.78, 5) is 16.4. The van der Waals surface area contributed by atoms with Gasteiger partial charge in [-0.1, -0.05) is 12.1 Å². The molecule has 0 saturated carbocycles. The maximum Gasteiger partial charge on any atom is 0.253 e. The van der Waals surface area contributed by atoms with Gasteiger partial charge in [-0.2, -0.15) is 0 Å². The summed E-state index contributed by atoms with van der Waals surface area (Å²) in [6.07, 6.45) is 0. The van der Waals surface area contributed by atoms with Crippen LogP contribution in [0.3, 0.4) is 0 Å². The Morgan fingerprint density at radius 3 is 2.39 bits per heavy atom. The molecule has 0 spiro atoms. The molecule has 0 radical (unpaired) electrons. The fourth-order valence-electron chi connectivity index (χ4n) is 2.38. The summed E-state index contributed by atoms with van der Waals surface area (Å²) in [5, 5.41) is 0. The first-order valence-corrected chi connectivity index (χ1v) is 7.74. The Hall–Kier alpha value is -2.49. The Labute approximate surface area is 138 Å². The largest absolute Gasteiger partial charge is 0.497 e. The van der Waals surface area contributed by atoms with Crippen molar-refractivity contribution in [2.75, 3.05) is 32.6 Å². The van der Waals surface area contributed by atoms with Crippen LogP contribution in [0.2, 0.25) is 0 Å². The second-order valence-corrected chi connectivity index (χ2v) is 5.57. The van der Waals surface area contributed by atoms with E-state index in [2.05, 4.69) is 11.8 Å². The number of hydrogen-bond donors (Lipinski definition) is 0. The summed E-state index contributed by atoms with van der Waals surface area (Å²) in [7, 11) is 5.49. The van der Waals surface area contributed by atoms with Gasteiger partial charge < -0.3 is 14.5 Å². The number of ether oxygens (including phenoxy) is 1. The second-order valence-electron chi connectivity index (χ2n) is 5.57. The summed E-state index contributed by atoms with van der Waals surface area (Å²) in [5.74, 6) is 0.814. The van der Waals surface area contributed by atoms with Crippen molar-refractivity contribution >= 4 is 11.6 Å². The number of methoxy groups -OCH3 is 1. The molecule has 2 rings (SSSR count). The van der Waals surface area contributed by atoms with Crippen molar-refractivity contribution in [3.05, 3.63) is 59.7 Å². The zero-order valence-corrected chi connectivity index (χ0v) is 14.2. The molecular formula is C19H24N2O2. The molecule has 0 bridgehead atoms. The van der Waals surface area contributed by atoms with Gasteiger partial charge in [0.25, 0.3) is 5.91 Å². The van der Waals surface area contributed by atoms with Gasteiger partial charge in [0.15, 0.2) is 0 Å². The monoisotopic (exact) mass is 312 g/mol. The number of hydrogen-bond acceptors (Lipinski definition) is 3. The minimum atomic E-state index is 0.0125. The lowest BCUT2D eigenvalue weighted by molar-refractivity contribution is 0.0785. The Balaban J connectivity index is 2.06. The molecule has 2 aromatic rings. The van der Waals surface area contributed by atoms with E-state index >= 15 is 0 Å². The molecule has 0 aliphatic carbocycles. The highest BCUT2D eigenvalue weighted by atomic mass is 16.5. The molecule has 1 amide bonds. The maximum absolute atomic E-state index is 12.5. The lowest BCUT2D eigenvalue weighted by atomic mass is 10.1. The summed E-state index contributed by atoms with van der Waals surface area (Å²) in [6.45, 7) is 3.58. The lowest BCUT2D eigenvalue weighted by Crippen LogP contribution is -2.26. The molecule has 0 aromatic heterocycles. The predicted molar refractivity (Wildman–Crippen MR) is 94.2 cm³/mol. The van der Waals surface area contributed by atoms with Crippen molar-refractivity contribution in [2.45, 2.75) is 13.5 Å². The fourth-order valence-corrected chi connectivity index (χ4v) is 2.38. The summed E-state index contributed by atoms with van der Waals surface area (Å²) >= 11 is 0. The van der Waals surface area contributed by atoms with Crippen molar-refractivity contribution in [1.29, 1.82) is 0 Å². The number of carbonyl (C=O) groups is 1. The van der Waals surface area contributed by atoms with Crippen LogP contribution >= 0.6 is 0 Å². The van der Waals surface area contributed by atoms with E-state index < -0.39 is 0 Å². The highest BCUT2D eigenvalue weighted by molar-refractivity contribution is 5.94. The predicted octanol–water partition coefficient (Wildman–Crippen LogP) is 3.42. The third-order valence-electron chi connectivity index (χ3n) is 3.93. The zero-order valence-electron chi connectivity index (χ0n) is 14.2. The Bertz CT molecular complexity index is 653. The Morgan fingerprint density at radius 2 is 1.78 bits per heavy atom. The minimum Gasteiger partial charge on any atom is -0.497 e. The van der Waals surface area contributed by atoms with E-state index in [1.807, 2.05) is 62.6 Å². The molecular weight excluding hydrogens is 288 g/mol. The molecule has 0 saturated heterocycles. The highest BCUT2D eigenvalue weighted by Gasteiger charge is 2.12. The van der Waals surface area contributed by atoms with Gasteiger partial charge in [-0.25, -0.2) is 0 Å². The number of nitrogens with zero attached hydrogens (tertiary/aromatic N) is 2. The molecule has 0 aliphatic rings. The number of anilines is 1. The van der Waals surface area contributed by atoms with Gasteiger partial charge in [0.05, 0.1) is 7.11 Å². The fraction of sp³-hybridized carbons (Fsp3) is 0.316. The van der Waals surface area contributed by atoms with Crippen LogP contribution in [-0.4, -0.2) is 38.6 Å². The third-order valence-corrected chi connectivity index (χ3v) is 3.93. The van der Waals surface area contributed by atoms with Crippen LogP contribution in [0.15, 0.2) is 48.5 Å². The second kappa shape index (κ2) is 7.68. The summed E-state index contributed by atoms with van der Waals surface area (Å²) in [5.41, 5.74) is 2.85. The molecule has 4 heteroatoms. The number of benzene rings is 2. The highest BCUT2D eigenvalue weighted by Crippen LogP contribution is 2.17. The number of rotatable bonds is 6. The first-order chi connectivity index (χ1) is 11.0. The van der Waals surface area contributed by atoms with E-state index in [1.54, 1.807) is 12.0 Å². The molecule has 0 atom stereocenters. The SMILES string of the molecule is CCN(C)c1ccc(C(=O)N(C)Cc2cccc(OC)c2)cc1. The third kappa shape index (κ3) is 4.25. The molecule has 0 aliphatic heterocycles. The average molecular weight is 312 g/mol. The molecule has 2 aromatic carbocycles. The van der Waals surface area contributed by atoms with Crippen LogP contribution in [0.4, 0.5) is 5.69 Å². The first kappa shape index (κ1) is 16.9. The molecule has 23 heavy (non-hydrogen) atoms. The van der Waals surface area contributed by atoms with Gasteiger partial charge >= 0.3 is 0 Å². The molecule has 4 nitrogen and oxygen atoms in total. The van der Waals surface area contributed by atoms with Gasteiger partial charge in [-0.05, 0) is 48.9 Å². The van der Waals surface area contributed by atoms with Crippen molar-refractivity contribution in [2.24, 2.45) is 0 Å². The van der Waals surface area contributed by atoms with Crippen LogP contribution in [0.1, 0.15) is 22.8 Å². The Kier molecular flexibility index (Phi) is 5.63. The van der Waals surface area contributed by atoms with Gasteiger partial charge in [0.1, 0.15) is 5.75 Å². The smallest absolute Gasteiger partial charge is 0.253 e. The molecule has 0 fully saturated rings.